The maximum Gasteiger partial charge on any atom is 0.387 e. The van der Waals surface area contributed by atoms with Crippen LogP contribution in [0.25, 0.3) is 0 Å². The number of anilines is 1. The molecule has 0 spiro atoms. The fraction of sp³-hybridized carbons (Fsp3) is 0.444. The fourth-order valence-corrected chi connectivity index (χ4v) is 2.72. The number of rotatable bonds is 9. The van der Waals surface area contributed by atoms with Crippen molar-refractivity contribution in [2.24, 2.45) is 0 Å². The molecule has 0 atom stereocenters. The molecular weight excluding hydrogens is 382 g/mol. The number of hydrogen-bond acceptors (Lipinski definition) is 4. The van der Waals surface area contributed by atoms with E-state index >= 15 is 0 Å². The van der Waals surface area contributed by atoms with Crippen LogP contribution in [-0.2, 0) is 11.3 Å². The van der Waals surface area contributed by atoms with Gasteiger partial charge in [-0.3, -0.25) is 9.48 Å². The second kappa shape index (κ2) is 8.49. The van der Waals surface area contributed by atoms with E-state index in [2.05, 4.69) is 15.2 Å². The number of carbonyl (C=O) groups excluding carboxylic acids is 1. The molecule has 1 aliphatic rings. The summed E-state index contributed by atoms with van der Waals surface area (Å²) in [6.45, 7) is -1.55. The standard InChI is InChI=1S/C18H19F4N3O3/c1-2-27-15-7-11(5-6-14(15)28-18(21)22)23-16(26)9-25-13(17(19)20)8-12(24-25)10-3-4-10/h5-8,10,17-18H,2-4,9H2,1H3,(H,23,26). The zero-order chi connectivity index (χ0) is 20.3. The van der Waals surface area contributed by atoms with Gasteiger partial charge in [0.1, 0.15) is 12.2 Å². The van der Waals surface area contributed by atoms with Gasteiger partial charge < -0.3 is 14.8 Å². The summed E-state index contributed by atoms with van der Waals surface area (Å²) in [7, 11) is 0. The molecule has 10 heteroatoms. The monoisotopic (exact) mass is 401 g/mol. The minimum absolute atomic E-state index is 0.0315. The van der Waals surface area contributed by atoms with Gasteiger partial charge in [0.05, 0.1) is 12.3 Å². The number of halogens is 4. The van der Waals surface area contributed by atoms with E-state index in [0.29, 0.717) is 5.69 Å². The SMILES string of the molecule is CCOc1cc(NC(=O)Cn2nc(C3CC3)cc2C(F)F)ccc1OC(F)F. The number of alkyl halides is 4. The van der Waals surface area contributed by atoms with Crippen molar-refractivity contribution in [3.8, 4) is 11.5 Å². The van der Waals surface area contributed by atoms with Gasteiger partial charge in [-0.05, 0) is 38.0 Å². The molecule has 0 aliphatic heterocycles. The lowest BCUT2D eigenvalue weighted by molar-refractivity contribution is -0.117. The smallest absolute Gasteiger partial charge is 0.387 e. The van der Waals surface area contributed by atoms with Gasteiger partial charge in [-0.15, -0.1) is 0 Å². The first-order valence-corrected chi connectivity index (χ1v) is 8.74. The Balaban J connectivity index is 1.71. The van der Waals surface area contributed by atoms with Crippen molar-refractivity contribution in [3.05, 3.63) is 35.7 Å². The Hall–Kier alpha value is -2.78. The number of ether oxygens (including phenoxy) is 2. The summed E-state index contributed by atoms with van der Waals surface area (Å²) in [5.74, 6) is -0.546. The molecule has 3 rings (SSSR count). The average Bonchev–Trinajstić information content (AvgIpc) is 3.38. The van der Waals surface area contributed by atoms with Gasteiger partial charge in [0, 0.05) is 17.7 Å². The second-order valence-corrected chi connectivity index (χ2v) is 6.25. The Morgan fingerprint density at radius 3 is 2.61 bits per heavy atom. The summed E-state index contributed by atoms with van der Waals surface area (Å²) >= 11 is 0. The highest BCUT2D eigenvalue weighted by Gasteiger charge is 2.29. The first kappa shape index (κ1) is 20.0. The van der Waals surface area contributed by atoms with Crippen LogP contribution in [0.1, 0.15) is 43.5 Å². The molecule has 2 aromatic rings. The highest BCUT2D eigenvalue weighted by atomic mass is 19.3. The minimum atomic E-state index is -3.02. The molecule has 1 saturated carbocycles. The van der Waals surface area contributed by atoms with Crippen LogP contribution in [0.2, 0.25) is 0 Å². The van der Waals surface area contributed by atoms with Crippen LogP contribution >= 0.6 is 0 Å². The van der Waals surface area contributed by atoms with E-state index in [4.69, 9.17) is 4.74 Å². The summed E-state index contributed by atoms with van der Waals surface area (Å²) in [5.41, 5.74) is 0.506. The van der Waals surface area contributed by atoms with Gasteiger partial charge in [0.25, 0.3) is 6.43 Å². The molecule has 1 heterocycles. The largest absolute Gasteiger partial charge is 0.490 e. The minimum Gasteiger partial charge on any atom is -0.490 e. The van der Waals surface area contributed by atoms with Gasteiger partial charge in [0.15, 0.2) is 11.5 Å². The number of aromatic nitrogens is 2. The molecule has 6 nitrogen and oxygen atoms in total. The van der Waals surface area contributed by atoms with E-state index in [1.807, 2.05) is 0 Å². The van der Waals surface area contributed by atoms with Crippen molar-refractivity contribution in [2.45, 2.75) is 45.3 Å². The van der Waals surface area contributed by atoms with Crippen LogP contribution in [0.3, 0.4) is 0 Å². The summed E-state index contributed by atoms with van der Waals surface area (Å²) in [6.07, 6.45) is -0.943. The van der Waals surface area contributed by atoms with Crippen LogP contribution in [0, 0.1) is 0 Å². The van der Waals surface area contributed by atoms with E-state index in [9.17, 15) is 22.4 Å². The predicted molar refractivity (Wildman–Crippen MR) is 92.0 cm³/mol. The third kappa shape index (κ3) is 4.93. The van der Waals surface area contributed by atoms with Gasteiger partial charge in [0.2, 0.25) is 5.91 Å². The lowest BCUT2D eigenvalue weighted by Crippen LogP contribution is -2.21. The van der Waals surface area contributed by atoms with Crippen molar-refractivity contribution >= 4 is 11.6 Å². The molecule has 0 saturated heterocycles. The summed E-state index contributed by atoms with van der Waals surface area (Å²) in [5, 5.41) is 6.64. The number of nitrogens with one attached hydrogen (secondary N) is 1. The molecule has 1 aliphatic carbocycles. The van der Waals surface area contributed by atoms with Crippen molar-refractivity contribution in [1.82, 2.24) is 9.78 Å². The summed E-state index contributed by atoms with van der Waals surface area (Å²) in [6, 6.07) is 5.24. The number of hydrogen-bond donors (Lipinski definition) is 1. The summed E-state index contributed by atoms with van der Waals surface area (Å²) < 4.78 is 61.9. The first-order chi connectivity index (χ1) is 13.4. The maximum absolute atomic E-state index is 13.2. The molecule has 0 bridgehead atoms. The molecule has 28 heavy (non-hydrogen) atoms. The lowest BCUT2D eigenvalue weighted by Gasteiger charge is -2.13. The Morgan fingerprint density at radius 1 is 1.25 bits per heavy atom. The molecule has 1 amide bonds. The van der Waals surface area contributed by atoms with Crippen LogP contribution in [-0.4, -0.2) is 28.9 Å². The third-order valence-corrected chi connectivity index (χ3v) is 4.09. The van der Waals surface area contributed by atoms with Gasteiger partial charge in [-0.1, -0.05) is 0 Å². The molecular formula is C18H19F4N3O3. The van der Waals surface area contributed by atoms with Gasteiger partial charge >= 0.3 is 6.61 Å². The van der Waals surface area contributed by atoms with Crippen molar-refractivity contribution in [3.63, 3.8) is 0 Å². The first-order valence-electron chi connectivity index (χ1n) is 8.74. The Kier molecular flexibility index (Phi) is 6.05. The number of carbonyl (C=O) groups is 1. The zero-order valence-corrected chi connectivity index (χ0v) is 15.0. The number of benzene rings is 1. The molecule has 1 fully saturated rings. The van der Waals surface area contributed by atoms with E-state index in [-0.39, 0.29) is 35.4 Å². The van der Waals surface area contributed by atoms with E-state index < -0.39 is 25.5 Å². The number of nitrogens with zero attached hydrogens (tertiary/aromatic N) is 2. The van der Waals surface area contributed by atoms with Crippen molar-refractivity contribution in [2.75, 3.05) is 11.9 Å². The van der Waals surface area contributed by atoms with Crippen molar-refractivity contribution in [1.29, 1.82) is 0 Å². The molecule has 1 aromatic heterocycles. The fourth-order valence-electron chi connectivity index (χ4n) is 2.72. The molecule has 1 aromatic carbocycles. The van der Waals surface area contributed by atoms with Crippen LogP contribution in [0.4, 0.5) is 23.2 Å². The highest BCUT2D eigenvalue weighted by Crippen LogP contribution is 2.40. The molecule has 152 valence electrons. The van der Waals surface area contributed by atoms with E-state index in [1.54, 1.807) is 6.92 Å². The van der Waals surface area contributed by atoms with E-state index in [1.165, 1.54) is 24.3 Å². The van der Waals surface area contributed by atoms with Gasteiger partial charge in [-0.25, -0.2) is 8.78 Å². The molecule has 0 unspecified atom stereocenters. The Bertz CT molecular complexity index is 837. The predicted octanol–water partition coefficient (Wildman–Crippen LogP) is 4.34. The van der Waals surface area contributed by atoms with Crippen LogP contribution in [0.5, 0.6) is 11.5 Å². The lowest BCUT2D eigenvalue weighted by atomic mass is 10.2. The molecule has 1 N–H and O–H groups in total. The van der Waals surface area contributed by atoms with Crippen LogP contribution < -0.4 is 14.8 Å². The maximum atomic E-state index is 13.2. The Labute approximate surface area is 158 Å². The Morgan fingerprint density at radius 2 is 2.00 bits per heavy atom. The molecule has 0 radical (unpaired) electrons. The summed E-state index contributed by atoms with van der Waals surface area (Å²) in [4.78, 5) is 12.3. The normalized spacial score (nSPS) is 13.8. The average molecular weight is 401 g/mol. The number of amides is 1. The van der Waals surface area contributed by atoms with E-state index in [0.717, 1.165) is 17.5 Å². The van der Waals surface area contributed by atoms with Gasteiger partial charge in [-0.2, -0.15) is 13.9 Å². The van der Waals surface area contributed by atoms with Crippen molar-refractivity contribution < 1.29 is 31.8 Å². The quantitative estimate of drug-likeness (QED) is 0.635. The third-order valence-electron chi connectivity index (χ3n) is 4.09. The zero-order valence-electron chi connectivity index (χ0n) is 15.0. The van der Waals surface area contributed by atoms with Crippen LogP contribution in [0.15, 0.2) is 24.3 Å². The topological polar surface area (TPSA) is 65.4 Å². The highest BCUT2D eigenvalue weighted by molar-refractivity contribution is 5.90. The second-order valence-electron chi connectivity index (χ2n) is 6.25.